The van der Waals surface area contributed by atoms with Gasteiger partial charge in [-0.3, -0.25) is 14.1 Å². The summed E-state index contributed by atoms with van der Waals surface area (Å²) in [5.41, 5.74) is 0. The van der Waals surface area contributed by atoms with Crippen molar-refractivity contribution in [2.24, 2.45) is 0 Å². The Morgan fingerprint density at radius 3 is 1.54 bits per heavy atom. The summed E-state index contributed by atoms with van der Waals surface area (Å²) in [4.78, 5) is 25.4. The van der Waals surface area contributed by atoms with E-state index in [9.17, 15) is 37.9 Å². The lowest BCUT2D eigenvalue weighted by Gasteiger charge is -2.40. The summed E-state index contributed by atoms with van der Waals surface area (Å²) in [7, 11) is -4.60. The first-order valence-electron chi connectivity index (χ1n) is 23.4. The highest BCUT2D eigenvalue weighted by Gasteiger charge is 2.46. The molecule has 0 aliphatic carbocycles. The highest BCUT2D eigenvalue weighted by Crippen LogP contribution is 2.24. The molecule has 1 saturated heterocycles. The minimum Gasteiger partial charge on any atom is -0.462 e. The first kappa shape index (κ1) is 55.1. The molecule has 0 aromatic carbocycles. The van der Waals surface area contributed by atoms with E-state index in [4.69, 9.17) is 18.9 Å². The van der Waals surface area contributed by atoms with Crippen molar-refractivity contribution in [1.82, 2.24) is 0 Å². The summed E-state index contributed by atoms with van der Waals surface area (Å²) in [6.07, 6.45) is 30.7. The molecule has 0 spiro atoms. The van der Waals surface area contributed by atoms with Crippen molar-refractivity contribution >= 4 is 22.1 Å². The standard InChI is InChI=1S/C46H84O12S/c1-3-5-7-9-11-13-15-17-19-20-21-23-25-27-29-31-33-35-42(48)57-39(37-56-46-45(51)44(50)43(49)40(58-46)38-59(52,53)54)36-55-41(47)34-32-30-28-26-24-22-18-16-14-12-10-8-6-4-2/h10,12,16,18,39-40,43-46,49-51H,3-9,11,13-15,17,19-38H2,1-2H3,(H,52,53,54)/b12-10+,18-16+/t39-,40-,43-,44?,45?,46+/m1/s1. The maximum Gasteiger partial charge on any atom is 0.306 e. The number of carbonyl (C=O) groups excluding carboxylic acids is 2. The quantitative estimate of drug-likeness (QED) is 0.0199. The molecule has 0 radical (unpaired) electrons. The molecular formula is C46H84O12S. The number of hydrogen-bond acceptors (Lipinski definition) is 11. The van der Waals surface area contributed by atoms with Crippen LogP contribution < -0.4 is 0 Å². The van der Waals surface area contributed by atoms with Crippen LogP contribution in [-0.2, 0) is 38.7 Å². The molecule has 0 amide bonds. The van der Waals surface area contributed by atoms with Crippen LogP contribution in [0, 0.1) is 0 Å². The van der Waals surface area contributed by atoms with Gasteiger partial charge in [-0.05, 0) is 38.5 Å². The lowest BCUT2D eigenvalue weighted by molar-refractivity contribution is -0.297. The van der Waals surface area contributed by atoms with Gasteiger partial charge in [0.2, 0.25) is 0 Å². The molecule has 1 aliphatic rings. The molecule has 12 nitrogen and oxygen atoms in total. The molecule has 2 unspecified atom stereocenters. The van der Waals surface area contributed by atoms with Gasteiger partial charge in [-0.1, -0.05) is 173 Å². The van der Waals surface area contributed by atoms with Crippen LogP contribution in [0.4, 0.5) is 0 Å². The predicted molar refractivity (Wildman–Crippen MR) is 233 cm³/mol. The van der Waals surface area contributed by atoms with Gasteiger partial charge in [0.25, 0.3) is 10.1 Å². The Kier molecular flexibility index (Phi) is 34.4. The van der Waals surface area contributed by atoms with Crippen molar-refractivity contribution in [3.05, 3.63) is 24.3 Å². The molecule has 59 heavy (non-hydrogen) atoms. The van der Waals surface area contributed by atoms with Crippen LogP contribution >= 0.6 is 0 Å². The third-order valence-corrected chi connectivity index (χ3v) is 11.5. The monoisotopic (exact) mass is 861 g/mol. The molecule has 1 aliphatic heterocycles. The first-order chi connectivity index (χ1) is 28.5. The number of hydrogen-bond donors (Lipinski definition) is 4. The molecule has 1 heterocycles. The van der Waals surface area contributed by atoms with Crippen molar-refractivity contribution in [3.8, 4) is 0 Å². The fourth-order valence-electron chi connectivity index (χ4n) is 7.11. The molecule has 1 fully saturated rings. The van der Waals surface area contributed by atoms with Crippen molar-refractivity contribution < 1.29 is 56.8 Å². The summed E-state index contributed by atoms with van der Waals surface area (Å²) < 4.78 is 54.1. The Labute approximate surface area is 358 Å². The zero-order valence-electron chi connectivity index (χ0n) is 36.9. The smallest absolute Gasteiger partial charge is 0.306 e. The highest BCUT2D eigenvalue weighted by molar-refractivity contribution is 7.85. The Hall–Kier alpha value is -1.87. The van der Waals surface area contributed by atoms with E-state index in [1.165, 1.54) is 96.3 Å². The molecule has 1 rings (SSSR count). The minimum atomic E-state index is -4.60. The fraction of sp³-hybridized carbons (Fsp3) is 0.870. The summed E-state index contributed by atoms with van der Waals surface area (Å²) in [5.74, 6) is -1.99. The second kappa shape index (κ2) is 36.8. The molecule has 0 bridgehead atoms. The van der Waals surface area contributed by atoms with E-state index < -0.39 is 71.2 Å². The molecular weight excluding hydrogens is 777 g/mol. The average Bonchev–Trinajstić information content (AvgIpc) is 3.20. The molecule has 4 N–H and O–H groups in total. The minimum absolute atomic E-state index is 0.166. The predicted octanol–water partition coefficient (Wildman–Crippen LogP) is 9.62. The van der Waals surface area contributed by atoms with Gasteiger partial charge in [0, 0.05) is 12.8 Å². The Bertz CT molecular complexity index is 1190. The van der Waals surface area contributed by atoms with Crippen LogP contribution in [-0.4, -0.2) is 96.0 Å². The average molecular weight is 861 g/mol. The van der Waals surface area contributed by atoms with E-state index in [2.05, 4.69) is 38.2 Å². The molecule has 13 heteroatoms. The molecule has 6 atom stereocenters. The number of ether oxygens (including phenoxy) is 4. The van der Waals surface area contributed by atoms with E-state index >= 15 is 0 Å². The molecule has 0 aromatic heterocycles. The number of rotatable bonds is 39. The summed E-state index contributed by atoms with van der Waals surface area (Å²) >= 11 is 0. The van der Waals surface area contributed by atoms with Crippen molar-refractivity contribution in [1.29, 1.82) is 0 Å². The Balaban J connectivity index is 2.43. The van der Waals surface area contributed by atoms with Gasteiger partial charge in [-0.25, -0.2) is 0 Å². The van der Waals surface area contributed by atoms with Gasteiger partial charge < -0.3 is 34.3 Å². The third-order valence-electron chi connectivity index (χ3n) is 10.8. The third kappa shape index (κ3) is 31.6. The van der Waals surface area contributed by atoms with Gasteiger partial charge in [-0.15, -0.1) is 0 Å². The second-order valence-electron chi connectivity index (χ2n) is 16.4. The first-order valence-corrected chi connectivity index (χ1v) is 25.0. The van der Waals surface area contributed by atoms with Gasteiger partial charge >= 0.3 is 11.9 Å². The molecule has 0 aromatic rings. The topological polar surface area (TPSA) is 186 Å². The zero-order chi connectivity index (χ0) is 43.4. The summed E-state index contributed by atoms with van der Waals surface area (Å²) in [5, 5.41) is 30.9. The number of aliphatic hydroxyl groups is 3. The zero-order valence-corrected chi connectivity index (χ0v) is 37.7. The van der Waals surface area contributed by atoms with Crippen LogP contribution in [0.25, 0.3) is 0 Å². The van der Waals surface area contributed by atoms with E-state index in [1.54, 1.807) is 0 Å². The van der Waals surface area contributed by atoms with Gasteiger partial charge in [0.15, 0.2) is 12.4 Å². The van der Waals surface area contributed by atoms with Crippen molar-refractivity contribution in [2.45, 2.75) is 237 Å². The Morgan fingerprint density at radius 1 is 0.576 bits per heavy atom. The van der Waals surface area contributed by atoms with Gasteiger partial charge in [-0.2, -0.15) is 8.42 Å². The number of carbonyl (C=O) groups is 2. The van der Waals surface area contributed by atoms with Crippen LogP contribution in [0.5, 0.6) is 0 Å². The highest BCUT2D eigenvalue weighted by atomic mass is 32.2. The lowest BCUT2D eigenvalue weighted by Crippen LogP contribution is -2.60. The lowest BCUT2D eigenvalue weighted by atomic mass is 10.00. The number of aliphatic hydroxyl groups excluding tert-OH is 3. The second-order valence-corrected chi connectivity index (χ2v) is 17.9. The van der Waals surface area contributed by atoms with Gasteiger partial charge in [0.1, 0.15) is 36.8 Å². The Morgan fingerprint density at radius 2 is 1.03 bits per heavy atom. The van der Waals surface area contributed by atoms with E-state index in [1.807, 2.05) is 0 Å². The van der Waals surface area contributed by atoms with Crippen LogP contribution in [0.3, 0.4) is 0 Å². The maximum absolute atomic E-state index is 12.8. The summed E-state index contributed by atoms with van der Waals surface area (Å²) in [6, 6.07) is 0. The van der Waals surface area contributed by atoms with Crippen LogP contribution in [0.2, 0.25) is 0 Å². The SMILES string of the molecule is CCCC/C=C/C/C=C/CCCCCCCC(=O)OC[C@H](CO[C@H]1O[C@H](CS(=O)(=O)O)[C@@H](O)C(O)C1O)OC(=O)CCCCCCCCCCCCCCCCCCC. The summed E-state index contributed by atoms with van der Waals surface area (Å²) in [6.45, 7) is 3.72. The van der Waals surface area contributed by atoms with E-state index in [-0.39, 0.29) is 19.4 Å². The van der Waals surface area contributed by atoms with Gasteiger partial charge in [0.05, 0.1) is 6.61 Å². The largest absolute Gasteiger partial charge is 0.462 e. The number of esters is 2. The maximum atomic E-state index is 12.8. The fourth-order valence-corrected chi connectivity index (χ4v) is 7.80. The van der Waals surface area contributed by atoms with E-state index in [0.29, 0.717) is 12.8 Å². The molecule has 346 valence electrons. The van der Waals surface area contributed by atoms with Crippen LogP contribution in [0.1, 0.15) is 200 Å². The van der Waals surface area contributed by atoms with Crippen molar-refractivity contribution in [2.75, 3.05) is 19.0 Å². The van der Waals surface area contributed by atoms with Crippen LogP contribution in [0.15, 0.2) is 24.3 Å². The normalized spacial score (nSPS) is 20.4. The van der Waals surface area contributed by atoms with Crippen molar-refractivity contribution in [3.63, 3.8) is 0 Å². The number of unbranched alkanes of at least 4 members (excludes halogenated alkanes) is 23. The van der Waals surface area contributed by atoms with E-state index in [0.717, 1.165) is 64.2 Å². The molecule has 0 saturated carbocycles. The number of allylic oxidation sites excluding steroid dienone is 4.